The lowest BCUT2D eigenvalue weighted by Gasteiger charge is -2.64. The van der Waals surface area contributed by atoms with E-state index >= 15 is 0 Å². The summed E-state index contributed by atoms with van der Waals surface area (Å²) < 4.78 is 24.1. The summed E-state index contributed by atoms with van der Waals surface area (Å²) in [6.07, 6.45) is 10.7. The second kappa shape index (κ2) is 10.9. The first-order valence-corrected chi connectivity index (χ1v) is 15.8. The minimum Gasteiger partial charge on any atom is -0.472 e. The lowest BCUT2D eigenvalue weighted by atomic mass is 9.39. The van der Waals surface area contributed by atoms with Gasteiger partial charge in [0.1, 0.15) is 19.3 Å². The molecule has 2 aliphatic carbocycles. The first kappa shape index (κ1) is 30.7. The van der Waals surface area contributed by atoms with Crippen LogP contribution in [-0.2, 0) is 28.6 Å². The zero-order valence-corrected chi connectivity index (χ0v) is 26.6. The average molecular weight is 617 g/mol. The van der Waals surface area contributed by atoms with Gasteiger partial charge in [0.05, 0.1) is 36.4 Å². The van der Waals surface area contributed by atoms with E-state index in [4.69, 9.17) is 28.6 Å². The highest BCUT2D eigenvalue weighted by Crippen LogP contribution is 2.72. The maximum Gasteiger partial charge on any atom is 0.331 e. The Labute approximate surface area is 260 Å². The smallest absolute Gasteiger partial charge is 0.331 e. The van der Waals surface area contributed by atoms with Crippen molar-refractivity contribution in [3.8, 4) is 0 Å². The SMILES string of the molecule is CC1(C)O[C@H]2CC(=O)OC[C@]23[C@H]2CC[C@]4(C)C(=CC(=O)O[C@H]4c4ccoc4)[C@]2(C)/C(=N\OCCN2CCCCC2)C[C@@H]13.Cl. The van der Waals surface area contributed by atoms with Crippen molar-refractivity contribution < 1.29 is 33.1 Å². The van der Waals surface area contributed by atoms with Crippen LogP contribution in [0.3, 0.4) is 0 Å². The molecule has 0 N–H and O–H groups in total. The summed E-state index contributed by atoms with van der Waals surface area (Å²) in [7, 11) is 0. The molecule has 43 heavy (non-hydrogen) atoms. The molecule has 0 aromatic carbocycles. The van der Waals surface area contributed by atoms with E-state index in [2.05, 4.69) is 32.6 Å². The first-order valence-electron chi connectivity index (χ1n) is 15.8. The molecule has 2 saturated carbocycles. The number of carbonyl (C=O) groups excluding carboxylic acids is 2. The number of halogens is 1. The fourth-order valence-electron chi connectivity index (χ4n) is 9.95. The van der Waals surface area contributed by atoms with Crippen LogP contribution in [0.4, 0.5) is 0 Å². The third-order valence-electron chi connectivity index (χ3n) is 11.9. The molecule has 7 atom stereocenters. The molecule has 0 bridgehead atoms. The standard InChI is InChI=1S/C33H44N2O7.ClH/c1-30(2)23-16-25(34-40-15-13-35-11-6-5-7-12-35)32(4)22(33(23)20-39-27(36)18-26(33)42-30)8-10-31(3)24(32)17-28(37)41-29(31)21-9-14-38-19-21;/h9,14,17,19,22-23,26,29H,5-8,10-13,15-16,18,20H2,1-4H3;1H/b34-25-;/t22-,23-,26-,29-,31+,32+,33+;/m0./s1. The fraction of sp³-hybridized carbons (Fsp3) is 0.727. The van der Waals surface area contributed by atoms with Crippen molar-refractivity contribution in [3.05, 3.63) is 35.8 Å². The lowest BCUT2D eigenvalue weighted by Crippen LogP contribution is -2.66. The summed E-state index contributed by atoms with van der Waals surface area (Å²) in [5.74, 6) is -0.417. The van der Waals surface area contributed by atoms with Crippen LogP contribution in [0.2, 0.25) is 0 Å². The van der Waals surface area contributed by atoms with Gasteiger partial charge in [-0.2, -0.15) is 0 Å². The number of ether oxygens (including phenoxy) is 3. The van der Waals surface area contributed by atoms with Crippen LogP contribution in [0, 0.1) is 28.1 Å². The number of carbonyl (C=O) groups is 2. The van der Waals surface area contributed by atoms with Gasteiger partial charge in [-0.15, -0.1) is 12.4 Å². The molecule has 0 radical (unpaired) electrons. The van der Waals surface area contributed by atoms with Gasteiger partial charge in [0.25, 0.3) is 0 Å². The Hall–Kier alpha value is -2.36. The van der Waals surface area contributed by atoms with Gasteiger partial charge in [-0.3, -0.25) is 9.69 Å². The van der Waals surface area contributed by atoms with Crippen molar-refractivity contribution in [1.29, 1.82) is 0 Å². The van der Waals surface area contributed by atoms with Crippen LogP contribution in [0.25, 0.3) is 0 Å². The fourth-order valence-corrected chi connectivity index (χ4v) is 9.95. The lowest BCUT2D eigenvalue weighted by molar-refractivity contribution is -0.181. The van der Waals surface area contributed by atoms with Crippen molar-refractivity contribution in [1.82, 2.24) is 4.90 Å². The van der Waals surface area contributed by atoms with E-state index in [0.717, 1.165) is 49.3 Å². The second-order valence-electron chi connectivity index (χ2n) is 14.4. The zero-order valence-electron chi connectivity index (χ0n) is 25.8. The summed E-state index contributed by atoms with van der Waals surface area (Å²) in [6, 6.07) is 1.89. The monoisotopic (exact) mass is 616 g/mol. The van der Waals surface area contributed by atoms with Crippen LogP contribution in [-0.4, -0.2) is 67.1 Å². The van der Waals surface area contributed by atoms with E-state index in [1.807, 2.05) is 6.07 Å². The highest BCUT2D eigenvalue weighted by atomic mass is 35.5. The average Bonchev–Trinajstić information content (AvgIpc) is 3.56. The molecule has 1 spiro atoms. The minimum atomic E-state index is -0.609. The zero-order chi connectivity index (χ0) is 29.3. The van der Waals surface area contributed by atoms with E-state index in [1.54, 1.807) is 18.6 Å². The van der Waals surface area contributed by atoms with Gasteiger partial charge in [-0.05, 0) is 76.6 Å². The van der Waals surface area contributed by atoms with Gasteiger partial charge in [-0.25, -0.2) is 4.79 Å². The number of cyclic esters (lactones) is 2. The van der Waals surface area contributed by atoms with Crippen molar-refractivity contribution in [2.24, 2.45) is 33.2 Å². The van der Waals surface area contributed by atoms with E-state index in [1.165, 1.54) is 19.3 Å². The number of nitrogens with zero attached hydrogens (tertiary/aromatic N) is 2. The van der Waals surface area contributed by atoms with Gasteiger partial charge < -0.3 is 23.5 Å². The number of furan rings is 1. The summed E-state index contributed by atoms with van der Waals surface area (Å²) in [5.41, 5.74) is 0.923. The number of likely N-dealkylation sites (tertiary alicyclic amines) is 1. The molecule has 236 valence electrons. The number of hydrogen-bond acceptors (Lipinski definition) is 9. The molecule has 7 rings (SSSR count). The topological polar surface area (TPSA) is 99.8 Å². The van der Waals surface area contributed by atoms with Crippen LogP contribution in [0.1, 0.15) is 84.3 Å². The van der Waals surface area contributed by atoms with E-state index in [-0.39, 0.29) is 54.1 Å². The molecular formula is C33H45ClN2O7. The van der Waals surface area contributed by atoms with Gasteiger partial charge in [0.15, 0.2) is 0 Å². The van der Waals surface area contributed by atoms with Crippen molar-refractivity contribution in [2.75, 3.05) is 32.8 Å². The number of rotatable bonds is 5. The third kappa shape index (κ3) is 4.59. The Morgan fingerprint density at radius 2 is 1.86 bits per heavy atom. The maximum absolute atomic E-state index is 13.3. The van der Waals surface area contributed by atoms with Gasteiger partial charge in [0.2, 0.25) is 0 Å². The quantitative estimate of drug-likeness (QED) is 0.238. The van der Waals surface area contributed by atoms with Crippen molar-refractivity contribution >= 4 is 30.1 Å². The molecule has 1 aromatic heterocycles. The normalized spacial score (nSPS) is 41.0. The summed E-state index contributed by atoms with van der Waals surface area (Å²) in [5, 5.41) is 4.95. The Morgan fingerprint density at radius 1 is 1.07 bits per heavy atom. The Balaban J connectivity index is 0.00000329. The van der Waals surface area contributed by atoms with Crippen molar-refractivity contribution in [2.45, 2.75) is 90.4 Å². The van der Waals surface area contributed by atoms with E-state index in [9.17, 15) is 9.59 Å². The predicted octanol–water partition coefficient (Wildman–Crippen LogP) is 5.64. The minimum absolute atomic E-state index is 0. The number of piperidine rings is 1. The summed E-state index contributed by atoms with van der Waals surface area (Å²) >= 11 is 0. The summed E-state index contributed by atoms with van der Waals surface area (Å²) in [6.45, 7) is 12.6. The second-order valence-corrected chi connectivity index (χ2v) is 14.4. The molecule has 1 aromatic rings. The van der Waals surface area contributed by atoms with Crippen molar-refractivity contribution in [3.63, 3.8) is 0 Å². The molecule has 0 unspecified atom stereocenters. The molecule has 6 aliphatic rings. The number of esters is 2. The molecule has 9 nitrogen and oxygen atoms in total. The molecular weight excluding hydrogens is 572 g/mol. The predicted molar refractivity (Wildman–Crippen MR) is 161 cm³/mol. The Bertz CT molecular complexity index is 1300. The molecule has 4 aliphatic heterocycles. The van der Waals surface area contributed by atoms with Gasteiger partial charge in [-0.1, -0.05) is 25.4 Å². The number of hydrogen-bond donors (Lipinski definition) is 0. The Kier molecular flexibility index (Phi) is 7.78. The van der Waals surface area contributed by atoms with Crippen LogP contribution < -0.4 is 0 Å². The summed E-state index contributed by atoms with van der Waals surface area (Å²) in [4.78, 5) is 34.4. The van der Waals surface area contributed by atoms with Gasteiger partial charge >= 0.3 is 11.9 Å². The van der Waals surface area contributed by atoms with Crippen LogP contribution in [0.15, 0.2) is 39.8 Å². The highest BCUT2D eigenvalue weighted by Gasteiger charge is 2.74. The largest absolute Gasteiger partial charge is 0.472 e. The van der Waals surface area contributed by atoms with Crippen LogP contribution >= 0.6 is 12.4 Å². The van der Waals surface area contributed by atoms with E-state index in [0.29, 0.717) is 19.6 Å². The van der Waals surface area contributed by atoms with Gasteiger partial charge in [0, 0.05) is 40.3 Å². The molecule has 5 heterocycles. The van der Waals surface area contributed by atoms with E-state index < -0.39 is 22.5 Å². The number of fused-ring (bicyclic) bond motifs is 3. The third-order valence-corrected chi connectivity index (χ3v) is 11.9. The molecule has 5 fully saturated rings. The first-order chi connectivity index (χ1) is 20.1. The van der Waals surface area contributed by atoms with Crippen LogP contribution in [0.5, 0.6) is 0 Å². The molecule has 0 amide bonds. The molecule has 3 saturated heterocycles. The molecule has 10 heteroatoms. The Morgan fingerprint density at radius 3 is 2.60 bits per heavy atom. The number of oxime groups is 1. The maximum atomic E-state index is 13.3. The highest BCUT2D eigenvalue weighted by molar-refractivity contribution is 5.97.